The molecule has 2 rings (SSSR count). The van der Waals surface area contributed by atoms with Crippen LogP contribution in [0.2, 0.25) is 0 Å². The maximum atomic E-state index is 12.3. The van der Waals surface area contributed by atoms with Crippen molar-refractivity contribution in [1.29, 1.82) is 0 Å². The molecular weight excluding hydrogens is 314 g/mol. The number of benzene rings is 1. The van der Waals surface area contributed by atoms with Crippen molar-refractivity contribution in [3.63, 3.8) is 0 Å². The fourth-order valence-corrected chi connectivity index (χ4v) is 3.79. The van der Waals surface area contributed by atoms with E-state index in [0.29, 0.717) is 17.8 Å². The van der Waals surface area contributed by atoms with Gasteiger partial charge in [-0.05, 0) is 18.1 Å². The molecule has 7 nitrogen and oxygen atoms in total. The fraction of sp³-hybridized carbons (Fsp3) is 0.417. The van der Waals surface area contributed by atoms with E-state index in [4.69, 9.17) is 5.11 Å². The number of hydrogen-bond acceptors (Lipinski definition) is 5. The number of nitrogens with zero attached hydrogens (tertiary/aromatic N) is 2. The minimum atomic E-state index is -3.74. The predicted molar refractivity (Wildman–Crippen MR) is 79.2 cm³/mol. The lowest BCUT2D eigenvalue weighted by atomic mass is 10.0. The molecule has 0 aromatic heterocycles. The van der Waals surface area contributed by atoms with Crippen LogP contribution in [0, 0.1) is 5.92 Å². The summed E-state index contributed by atoms with van der Waals surface area (Å²) in [6.07, 6.45) is 0.513. The second-order valence-corrected chi connectivity index (χ2v) is 6.88. The van der Waals surface area contributed by atoms with Gasteiger partial charge < -0.3 is 5.11 Å². The van der Waals surface area contributed by atoms with Crippen LogP contribution in [0.3, 0.4) is 0 Å². The number of hydrogen-bond donors (Lipinski definition) is 2. The van der Waals surface area contributed by atoms with Gasteiger partial charge in [0.25, 0.3) is 0 Å². The molecule has 1 atom stereocenters. The Morgan fingerprint density at radius 3 is 2.86 bits per heavy atom. The quantitative estimate of drug-likeness (QED) is 0.811. The van der Waals surface area contributed by atoms with Crippen molar-refractivity contribution in [2.75, 3.05) is 6.54 Å². The van der Waals surface area contributed by atoms with Crippen LogP contribution >= 0.6 is 0 Å². The molecule has 0 radical (unpaired) electrons. The van der Waals surface area contributed by atoms with Crippen LogP contribution in [0.4, 0.5) is 11.4 Å². The summed E-state index contributed by atoms with van der Waals surface area (Å²) in [5, 5.41) is 8.78. The Morgan fingerprint density at radius 1 is 1.43 bits per heavy atom. The minimum Gasteiger partial charge on any atom is -0.481 e. The van der Waals surface area contributed by atoms with E-state index in [2.05, 4.69) is 13.4 Å². The van der Waals surface area contributed by atoms with Crippen LogP contribution in [0.1, 0.15) is 19.8 Å². The topological polar surface area (TPSA) is 108 Å². The summed E-state index contributed by atoms with van der Waals surface area (Å²) >= 11 is 0.951. The molecule has 21 heavy (non-hydrogen) atoms. The summed E-state index contributed by atoms with van der Waals surface area (Å²) in [6.45, 7) is 1.91. The maximum Gasteiger partial charge on any atom is 0.303 e. The van der Waals surface area contributed by atoms with E-state index in [9.17, 15) is 13.2 Å². The number of fused-ring (bicyclic) bond motifs is 1. The minimum absolute atomic E-state index is 0.0680. The van der Waals surface area contributed by atoms with E-state index in [0.717, 1.165) is 11.4 Å². The Balaban J connectivity index is 2.15. The number of rotatable bonds is 7. The van der Waals surface area contributed by atoms with Gasteiger partial charge in [0.05, 0.1) is 11.4 Å². The highest BCUT2D eigenvalue weighted by molar-refractivity contribution is 7.89. The van der Waals surface area contributed by atoms with Crippen molar-refractivity contribution in [3.05, 3.63) is 18.2 Å². The predicted octanol–water partition coefficient (Wildman–Crippen LogP) is 2.19. The molecule has 1 aliphatic heterocycles. The number of aliphatic carboxylic acids is 1. The first-order chi connectivity index (χ1) is 9.94. The molecule has 1 aliphatic rings. The van der Waals surface area contributed by atoms with Gasteiger partial charge in [-0.2, -0.15) is 8.73 Å². The molecule has 2 N–H and O–H groups in total. The van der Waals surface area contributed by atoms with E-state index in [-0.39, 0.29) is 23.8 Å². The number of carboxylic acid groups (broad SMARTS) is 1. The maximum absolute atomic E-state index is 12.3. The van der Waals surface area contributed by atoms with Crippen molar-refractivity contribution in [3.8, 4) is 0 Å². The Kier molecular flexibility index (Phi) is 4.86. The number of carboxylic acids is 1. The molecule has 9 heteroatoms. The van der Waals surface area contributed by atoms with Crippen molar-refractivity contribution in [2.24, 2.45) is 14.6 Å². The van der Waals surface area contributed by atoms with Crippen molar-refractivity contribution in [1.82, 2.24) is 4.72 Å². The zero-order chi connectivity index (χ0) is 15.5. The van der Waals surface area contributed by atoms with Crippen LogP contribution < -0.4 is 4.72 Å². The zero-order valence-corrected chi connectivity index (χ0v) is 12.9. The molecule has 1 aromatic carbocycles. The average Bonchev–Trinajstić information content (AvgIpc) is 2.91. The number of nitrogens with one attached hydrogen (secondary N) is 1. The molecule has 1 heterocycles. The molecule has 0 spiro atoms. The Labute approximate surface area is 126 Å². The third-order valence-electron chi connectivity index (χ3n) is 3.14. The largest absolute Gasteiger partial charge is 0.481 e. The second kappa shape index (κ2) is 6.46. The van der Waals surface area contributed by atoms with Gasteiger partial charge in [0.1, 0.15) is 16.3 Å². The SMILES string of the molecule is CCC(CNS(=O)(=O)c1cccc2c1N=S=N2)CC(=O)O. The normalized spacial score (nSPS) is 14.5. The van der Waals surface area contributed by atoms with Crippen molar-refractivity contribution < 1.29 is 18.3 Å². The van der Waals surface area contributed by atoms with E-state index >= 15 is 0 Å². The first kappa shape index (κ1) is 15.8. The summed E-state index contributed by atoms with van der Waals surface area (Å²) in [4.78, 5) is 10.8. The average molecular weight is 329 g/mol. The molecule has 0 fully saturated rings. The lowest BCUT2D eigenvalue weighted by Crippen LogP contribution is -2.30. The molecule has 0 saturated heterocycles. The summed E-state index contributed by atoms with van der Waals surface area (Å²) < 4.78 is 35.1. The van der Waals surface area contributed by atoms with Crippen molar-refractivity contribution >= 4 is 38.7 Å². The number of sulfonamides is 1. The standard InChI is InChI=1S/C12H15N3O4S2/c1-2-8(6-11(16)17)7-13-21(18,19)10-5-3-4-9-12(10)15-20-14-9/h3-5,8,13H,2,6-7H2,1H3,(H,16,17). The molecule has 1 unspecified atom stereocenters. The van der Waals surface area contributed by atoms with Gasteiger partial charge in [0.15, 0.2) is 0 Å². The van der Waals surface area contributed by atoms with E-state index in [1.807, 2.05) is 6.92 Å². The van der Waals surface area contributed by atoms with Gasteiger partial charge in [-0.25, -0.2) is 13.1 Å². The van der Waals surface area contributed by atoms with Gasteiger partial charge in [0, 0.05) is 13.0 Å². The van der Waals surface area contributed by atoms with Crippen molar-refractivity contribution in [2.45, 2.75) is 24.7 Å². The summed E-state index contributed by atoms with van der Waals surface area (Å²) in [7, 11) is -3.74. The van der Waals surface area contributed by atoms with Gasteiger partial charge in [-0.1, -0.05) is 19.4 Å². The highest BCUT2D eigenvalue weighted by Gasteiger charge is 2.23. The third kappa shape index (κ3) is 3.74. The highest BCUT2D eigenvalue weighted by atomic mass is 32.2. The first-order valence-electron chi connectivity index (χ1n) is 6.36. The van der Waals surface area contributed by atoms with Crippen LogP contribution in [-0.4, -0.2) is 26.0 Å². The van der Waals surface area contributed by atoms with Gasteiger partial charge >= 0.3 is 5.97 Å². The van der Waals surface area contributed by atoms with E-state index < -0.39 is 16.0 Å². The van der Waals surface area contributed by atoms with Gasteiger partial charge in [-0.15, -0.1) is 0 Å². The smallest absolute Gasteiger partial charge is 0.303 e. The monoisotopic (exact) mass is 329 g/mol. The Bertz CT molecular complexity index is 724. The van der Waals surface area contributed by atoms with Gasteiger partial charge in [-0.3, -0.25) is 4.79 Å². The summed E-state index contributed by atoms with van der Waals surface area (Å²) in [5.41, 5.74) is 0.863. The Hall–Kier alpha value is -1.58. The fourth-order valence-electron chi connectivity index (χ4n) is 1.91. The Morgan fingerprint density at radius 2 is 2.19 bits per heavy atom. The van der Waals surface area contributed by atoms with Gasteiger partial charge in [0.2, 0.25) is 10.0 Å². The van der Waals surface area contributed by atoms with E-state index in [1.165, 1.54) is 6.07 Å². The molecule has 0 aliphatic carbocycles. The van der Waals surface area contributed by atoms with Crippen LogP contribution in [0.15, 0.2) is 31.8 Å². The highest BCUT2D eigenvalue weighted by Crippen LogP contribution is 2.37. The third-order valence-corrected chi connectivity index (χ3v) is 5.14. The second-order valence-electron chi connectivity index (χ2n) is 4.61. The molecule has 1 aromatic rings. The first-order valence-corrected chi connectivity index (χ1v) is 8.58. The number of carbonyl (C=O) groups is 1. The molecule has 0 saturated carbocycles. The summed E-state index contributed by atoms with van der Waals surface area (Å²) in [5.74, 6) is -1.18. The van der Waals surface area contributed by atoms with Crippen LogP contribution in [-0.2, 0) is 26.2 Å². The van der Waals surface area contributed by atoms with Crippen LogP contribution in [0.5, 0.6) is 0 Å². The lowest BCUT2D eigenvalue weighted by Gasteiger charge is -2.14. The molecule has 0 amide bonds. The summed E-state index contributed by atoms with van der Waals surface area (Å²) in [6, 6.07) is 4.76. The van der Waals surface area contributed by atoms with E-state index in [1.54, 1.807) is 12.1 Å². The molecule has 114 valence electrons. The lowest BCUT2D eigenvalue weighted by molar-refractivity contribution is -0.138. The zero-order valence-electron chi connectivity index (χ0n) is 11.3. The van der Waals surface area contributed by atoms with Crippen LogP contribution in [0.25, 0.3) is 0 Å². The molecular formula is C12H15N3O4S2. The molecule has 0 bridgehead atoms.